The maximum Gasteiger partial charge on any atom is 0.305 e. The maximum absolute atomic E-state index is 10.8. The predicted molar refractivity (Wildman–Crippen MR) is 199 cm³/mol. The first-order valence-corrected chi connectivity index (χ1v) is 16.0. The van der Waals surface area contributed by atoms with E-state index in [1.54, 1.807) is 83.6 Å². The predicted octanol–water partition coefficient (Wildman–Crippen LogP) is 2.08. The van der Waals surface area contributed by atoms with E-state index in [0.717, 1.165) is 0 Å². The maximum atomic E-state index is 10.8. The molecular weight excluding hydrogens is 697 g/mol. The third kappa shape index (κ3) is 42.5. The van der Waals surface area contributed by atoms with Crippen molar-refractivity contribution < 1.29 is 57.3 Å². The van der Waals surface area contributed by atoms with Crippen LogP contribution in [0.1, 0.15) is 107 Å². The molecule has 296 valence electrons. The topological polar surface area (TPSA) is 222 Å². The Hall–Kier alpha value is -3.54. The van der Waals surface area contributed by atoms with Crippen LogP contribution in [0.5, 0.6) is 0 Å². The molecule has 4 amide bonds. The van der Waals surface area contributed by atoms with Gasteiger partial charge in [0.25, 0.3) is 0 Å². The van der Waals surface area contributed by atoms with Gasteiger partial charge < -0.3 is 40.2 Å². The minimum absolute atomic E-state index is 0. The third-order valence-electron chi connectivity index (χ3n) is 5.49. The van der Waals surface area contributed by atoms with Gasteiger partial charge in [0.2, 0.25) is 23.6 Å². The highest BCUT2D eigenvalue weighted by Crippen LogP contribution is 2.01. The quantitative estimate of drug-likeness (QED) is 0.131. The number of rotatable bonds is 16. The molecule has 50 heavy (non-hydrogen) atoms. The lowest BCUT2D eigenvalue weighted by Gasteiger charge is -2.10. The normalized spacial score (nSPS) is 11.4. The molecule has 0 aliphatic heterocycles. The monoisotopic (exact) mass is 760 g/mol. The first-order valence-electron chi connectivity index (χ1n) is 16.0. The number of ether oxygens (including phenoxy) is 4. The Morgan fingerprint density at radius 3 is 0.620 bits per heavy atom. The molecule has 0 aromatic carbocycles. The van der Waals surface area contributed by atoms with Crippen molar-refractivity contribution in [2.45, 2.75) is 131 Å². The van der Waals surface area contributed by atoms with Crippen LogP contribution in [0.3, 0.4) is 0 Å². The second-order valence-electron chi connectivity index (χ2n) is 10.1. The van der Waals surface area contributed by atoms with Gasteiger partial charge in [0.15, 0.2) is 0 Å². The molecule has 0 radical (unpaired) electrons. The van der Waals surface area contributed by atoms with E-state index in [0.29, 0.717) is 25.7 Å². The fraction of sp³-hybridized carbons (Fsp3) is 0.750. The number of hydrogen-bond donors (Lipinski definition) is 4. The molecule has 0 bridgehead atoms. The van der Waals surface area contributed by atoms with Gasteiger partial charge in [-0.15, -0.1) is 0 Å². The molecule has 4 unspecified atom stereocenters. The summed E-state index contributed by atoms with van der Waals surface area (Å²) in [7, 11) is 6.21. The summed E-state index contributed by atoms with van der Waals surface area (Å²) < 4.78 is 19.5. The van der Waals surface area contributed by atoms with Gasteiger partial charge in [0.05, 0.1) is 25.7 Å². The van der Waals surface area contributed by atoms with E-state index in [-0.39, 0.29) is 125 Å². The fourth-order valence-electron chi connectivity index (χ4n) is 2.85. The molecule has 18 heteroatoms. The first-order chi connectivity index (χ1) is 22.4. The molecule has 0 rings (SSSR count). The van der Waals surface area contributed by atoms with Gasteiger partial charge >= 0.3 is 23.9 Å². The molecule has 4 atom stereocenters. The highest BCUT2D eigenvalue weighted by atomic mass is 32.1. The van der Waals surface area contributed by atoms with Crippen molar-refractivity contribution in [2.75, 3.05) is 28.2 Å². The van der Waals surface area contributed by atoms with Gasteiger partial charge in [0, 0.05) is 53.9 Å². The first kappa shape index (κ1) is 58.7. The second-order valence-corrected chi connectivity index (χ2v) is 10.1. The van der Waals surface area contributed by atoms with Crippen LogP contribution in [0.25, 0.3) is 0 Å². The number of carbonyl (C=O) groups is 8. The molecule has 0 saturated carbocycles. The molecule has 16 nitrogen and oxygen atoms in total. The van der Waals surface area contributed by atoms with E-state index in [2.05, 4.69) is 21.3 Å². The Morgan fingerprint density at radius 1 is 0.380 bits per heavy atom. The van der Waals surface area contributed by atoms with Gasteiger partial charge in [-0.2, -0.15) is 27.0 Å². The molecule has 4 N–H and O–H groups in total. The van der Waals surface area contributed by atoms with Crippen LogP contribution in [0, 0.1) is 0 Å². The summed E-state index contributed by atoms with van der Waals surface area (Å²) in [5.74, 6) is -1.56. The van der Waals surface area contributed by atoms with Crippen molar-refractivity contribution in [2.24, 2.45) is 0 Å². The zero-order valence-corrected chi connectivity index (χ0v) is 33.9. The molecule has 0 heterocycles. The minimum atomic E-state index is -0.336. The number of carbonyl (C=O) groups excluding carboxylic acids is 8. The molecule has 0 fully saturated rings. The minimum Gasteiger partial charge on any atom is -0.462 e. The SMILES string of the molecule is CCC(=O)OC(C)CC(=O)NC.CCC(=O)OC(C)CC(=O)NC.CCC(=O)OC(C)CC(=O)NC.CCC(=O)OC(C)CC(=O)NC.S.S. The average molecular weight is 761 g/mol. The van der Waals surface area contributed by atoms with Gasteiger partial charge in [-0.05, 0) is 27.7 Å². The van der Waals surface area contributed by atoms with Crippen LogP contribution >= 0.6 is 27.0 Å². The second kappa shape index (κ2) is 38.3. The number of nitrogens with one attached hydrogen (secondary N) is 4. The van der Waals surface area contributed by atoms with E-state index in [1.807, 2.05) is 0 Å². The van der Waals surface area contributed by atoms with Gasteiger partial charge in [-0.1, -0.05) is 27.7 Å². The Morgan fingerprint density at radius 2 is 0.520 bits per heavy atom. The number of amides is 4. The van der Waals surface area contributed by atoms with Crippen LogP contribution in [0.15, 0.2) is 0 Å². The van der Waals surface area contributed by atoms with E-state index in [9.17, 15) is 38.4 Å². The summed E-state index contributed by atoms with van der Waals surface area (Å²) in [6.45, 7) is 13.7. The molecular formula is C32H64N4O12S2. The summed E-state index contributed by atoms with van der Waals surface area (Å²) in [5, 5.41) is 9.83. The highest BCUT2D eigenvalue weighted by Gasteiger charge is 2.13. The average Bonchev–Trinajstić information content (AvgIpc) is 3.04. The summed E-state index contributed by atoms with van der Waals surface area (Å²) in [5.41, 5.74) is 0. The van der Waals surface area contributed by atoms with Crippen molar-refractivity contribution >= 4 is 74.5 Å². The molecule has 0 aromatic heterocycles. The Labute approximate surface area is 311 Å². The summed E-state index contributed by atoms with van der Waals surface area (Å²) in [4.78, 5) is 86.1. The third-order valence-corrected chi connectivity index (χ3v) is 5.49. The van der Waals surface area contributed by atoms with Crippen molar-refractivity contribution in [3.63, 3.8) is 0 Å². The summed E-state index contributed by atoms with van der Waals surface area (Å²) in [6, 6.07) is 0. The number of hydrogen-bond acceptors (Lipinski definition) is 12. The zero-order valence-electron chi connectivity index (χ0n) is 31.9. The fourth-order valence-corrected chi connectivity index (χ4v) is 2.85. The lowest BCUT2D eigenvalue weighted by Crippen LogP contribution is -2.25. The van der Waals surface area contributed by atoms with Gasteiger partial charge in [0.1, 0.15) is 24.4 Å². The summed E-state index contributed by atoms with van der Waals surface area (Å²) >= 11 is 0. The summed E-state index contributed by atoms with van der Waals surface area (Å²) in [6.07, 6.45) is 0.936. The van der Waals surface area contributed by atoms with Crippen LogP contribution in [-0.2, 0) is 57.3 Å². The van der Waals surface area contributed by atoms with E-state index >= 15 is 0 Å². The molecule has 0 aliphatic carbocycles. The number of esters is 4. The van der Waals surface area contributed by atoms with Crippen LogP contribution in [0.2, 0.25) is 0 Å². The van der Waals surface area contributed by atoms with Crippen LogP contribution < -0.4 is 21.3 Å². The van der Waals surface area contributed by atoms with Crippen molar-refractivity contribution in [3.05, 3.63) is 0 Å². The van der Waals surface area contributed by atoms with Gasteiger partial charge in [-0.3, -0.25) is 38.4 Å². The lowest BCUT2D eigenvalue weighted by atomic mass is 10.3. The smallest absolute Gasteiger partial charge is 0.305 e. The van der Waals surface area contributed by atoms with Crippen molar-refractivity contribution in [1.82, 2.24) is 21.3 Å². The van der Waals surface area contributed by atoms with Crippen molar-refractivity contribution in [3.8, 4) is 0 Å². The van der Waals surface area contributed by atoms with E-state index in [4.69, 9.17) is 18.9 Å². The van der Waals surface area contributed by atoms with Crippen LogP contribution in [-0.4, -0.2) is 100 Å². The largest absolute Gasteiger partial charge is 0.462 e. The lowest BCUT2D eigenvalue weighted by molar-refractivity contribution is -0.150. The Balaban J connectivity index is -0.000000127. The van der Waals surface area contributed by atoms with E-state index < -0.39 is 0 Å². The van der Waals surface area contributed by atoms with Gasteiger partial charge in [-0.25, -0.2) is 0 Å². The Bertz CT molecular complexity index is 763. The Kier molecular flexibility index (Phi) is 44.9. The standard InChI is InChI=1S/4C8H15NO3.2H2S/c4*1-4-8(11)12-6(2)5-7(10)9-3;;/h4*6H,4-5H2,1-3H3,(H,9,10);2*1H2. The molecule has 0 aliphatic rings. The van der Waals surface area contributed by atoms with Crippen LogP contribution in [0.4, 0.5) is 0 Å². The van der Waals surface area contributed by atoms with E-state index in [1.165, 1.54) is 0 Å². The molecule has 0 saturated heterocycles. The van der Waals surface area contributed by atoms with Crippen molar-refractivity contribution in [1.29, 1.82) is 0 Å². The highest BCUT2D eigenvalue weighted by molar-refractivity contribution is 7.59. The zero-order chi connectivity index (χ0) is 38.2. The molecule has 0 aromatic rings. The molecule has 0 spiro atoms.